The lowest BCUT2D eigenvalue weighted by atomic mass is 10.1. The first kappa shape index (κ1) is 22.2. The van der Waals surface area contributed by atoms with Gasteiger partial charge in [-0.15, -0.1) is 0 Å². The van der Waals surface area contributed by atoms with Crippen LogP contribution in [0, 0.1) is 12.7 Å². The number of imide groups is 2. The minimum absolute atomic E-state index is 0.0879. The molecule has 3 aromatic carbocycles. The second-order valence-corrected chi connectivity index (χ2v) is 7.75. The zero-order chi connectivity index (χ0) is 23.5. The molecule has 0 spiro atoms. The van der Waals surface area contributed by atoms with Crippen molar-refractivity contribution in [3.8, 4) is 5.75 Å². The van der Waals surface area contributed by atoms with Gasteiger partial charge < -0.3 is 4.74 Å². The summed E-state index contributed by atoms with van der Waals surface area (Å²) in [7, 11) is 0. The molecule has 0 unspecified atom stereocenters. The molecule has 1 fully saturated rings. The van der Waals surface area contributed by atoms with Crippen LogP contribution in [0.25, 0.3) is 6.08 Å². The number of amides is 4. The highest BCUT2D eigenvalue weighted by molar-refractivity contribution is 6.39. The molecule has 0 aromatic heterocycles. The Morgan fingerprint density at radius 3 is 2.58 bits per heavy atom. The number of hydrogen-bond donors (Lipinski definition) is 1. The Kier molecular flexibility index (Phi) is 6.24. The standard InChI is InChI=1S/C25H18ClFN2O4/c1-15-9-10-19(13-21(15)26)29-24(31)20(23(30)28-25(29)32)12-17-6-2-3-8-22(17)33-14-16-5-4-7-18(27)11-16/h2-13H,14H2,1H3,(H,28,30,32)/b20-12-. The van der Waals surface area contributed by atoms with E-state index in [2.05, 4.69) is 5.32 Å². The van der Waals surface area contributed by atoms with Crippen LogP contribution in [0.5, 0.6) is 5.75 Å². The van der Waals surface area contributed by atoms with Crippen LogP contribution in [0.15, 0.2) is 72.3 Å². The molecule has 1 N–H and O–H groups in total. The van der Waals surface area contributed by atoms with E-state index >= 15 is 0 Å². The lowest BCUT2D eigenvalue weighted by molar-refractivity contribution is -0.122. The van der Waals surface area contributed by atoms with Crippen molar-refractivity contribution in [3.05, 3.63) is 99.8 Å². The van der Waals surface area contributed by atoms with Gasteiger partial charge >= 0.3 is 6.03 Å². The third kappa shape index (κ3) is 4.78. The van der Waals surface area contributed by atoms with E-state index in [9.17, 15) is 18.8 Å². The maximum atomic E-state index is 13.4. The Balaban J connectivity index is 1.65. The Bertz CT molecular complexity index is 1310. The predicted molar refractivity (Wildman–Crippen MR) is 122 cm³/mol. The van der Waals surface area contributed by atoms with Crippen LogP contribution in [0.2, 0.25) is 5.02 Å². The molecule has 0 atom stereocenters. The Morgan fingerprint density at radius 2 is 1.82 bits per heavy atom. The van der Waals surface area contributed by atoms with Gasteiger partial charge in [0.15, 0.2) is 0 Å². The van der Waals surface area contributed by atoms with Gasteiger partial charge in [-0.1, -0.05) is 48.0 Å². The smallest absolute Gasteiger partial charge is 0.335 e. The Labute approximate surface area is 194 Å². The summed E-state index contributed by atoms with van der Waals surface area (Å²) in [5.41, 5.74) is 1.84. The van der Waals surface area contributed by atoms with Gasteiger partial charge in [-0.25, -0.2) is 14.1 Å². The van der Waals surface area contributed by atoms with Crippen molar-refractivity contribution in [2.45, 2.75) is 13.5 Å². The quantitative estimate of drug-likeness (QED) is 0.424. The van der Waals surface area contributed by atoms with Crippen LogP contribution < -0.4 is 15.0 Å². The van der Waals surface area contributed by atoms with E-state index in [1.807, 2.05) is 0 Å². The molecular weight excluding hydrogens is 447 g/mol. The summed E-state index contributed by atoms with van der Waals surface area (Å²) in [6.07, 6.45) is 1.35. The van der Waals surface area contributed by atoms with E-state index in [4.69, 9.17) is 16.3 Å². The monoisotopic (exact) mass is 464 g/mol. The average molecular weight is 465 g/mol. The average Bonchev–Trinajstić information content (AvgIpc) is 2.78. The summed E-state index contributed by atoms with van der Waals surface area (Å²) in [6, 6.07) is 16.6. The van der Waals surface area contributed by atoms with Crippen molar-refractivity contribution >= 4 is 41.2 Å². The van der Waals surface area contributed by atoms with Gasteiger partial charge in [0.25, 0.3) is 11.8 Å². The number of barbiturate groups is 1. The van der Waals surface area contributed by atoms with Crippen molar-refractivity contribution in [1.29, 1.82) is 0 Å². The molecule has 6 nitrogen and oxygen atoms in total. The number of para-hydroxylation sites is 1. The lowest BCUT2D eigenvalue weighted by Gasteiger charge is -2.26. The fourth-order valence-corrected chi connectivity index (χ4v) is 3.46. The molecular formula is C25H18ClFN2O4. The highest BCUT2D eigenvalue weighted by Gasteiger charge is 2.37. The molecule has 3 aromatic rings. The maximum Gasteiger partial charge on any atom is 0.335 e. The number of carbonyl (C=O) groups excluding carboxylic acids is 3. The zero-order valence-corrected chi connectivity index (χ0v) is 18.2. The fraction of sp³-hybridized carbons (Fsp3) is 0.0800. The van der Waals surface area contributed by atoms with Crippen molar-refractivity contribution in [2.24, 2.45) is 0 Å². The number of anilines is 1. The molecule has 1 saturated heterocycles. The van der Waals surface area contributed by atoms with Crippen LogP contribution in [0.1, 0.15) is 16.7 Å². The van der Waals surface area contributed by atoms with E-state index in [0.717, 1.165) is 10.5 Å². The summed E-state index contributed by atoms with van der Waals surface area (Å²) < 4.78 is 19.2. The SMILES string of the molecule is Cc1ccc(N2C(=O)NC(=O)/C(=C/c3ccccc3OCc3cccc(F)c3)C2=O)cc1Cl. The molecule has 0 bridgehead atoms. The first-order valence-electron chi connectivity index (χ1n) is 9.97. The molecule has 0 radical (unpaired) electrons. The number of rotatable bonds is 5. The highest BCUT2D eigenvalue weighted by Crippen LogP contribution is 2.28. The van der Waals surface area contributed by atoms with Gasteiger partial charge in [-0.2, -0.15) is 0 Å². The van der Waals surface area contributed by atoms with Gasteiger partial charge in [0.05, 0.1) is 5.69 Å². The molecule has 1 aliphatic rings. The molecule has 33 heavy (non-hydrogen) atoms. The number of ether oxygens (including phenoxy) is 1. The summed E-state index contributed by atoms with van der Waals surface area (Å²) in [4.78, 5) is 38.9. The fourth-order valence-electron chi connectivity index (χ4n) is 3.29. The third-order valence-corrected chi connectivity index (χ3v) is 5.42. The highest BCUT2D eigenvalue weighted by atomic mass is 35.5. The molecule has 166 valence electrons. The minimum atomic E-state index is -0.863. The largest absolute Gasteiger partial charge is 0.488 e. The van der Waals surface area contributed by atoms with Crippen LogP contribution >= 0.6 is 11.6 Å². The van der Waals surface area contributed by atoms with Gasteiger partial charge in [-0.3, -0.25) is 14.9 Å². The Hall–Kier alpha value is -3.97. The van der Waals surface area contributed by atoms with Crippen molar-refractivity contribution in [1.82, 2.24) is 5.32 Å². The van der Waals surface area contributed by atoms with Crippen molar-refractivity contribution < 1.29 is 23.5 Å². The third-order valence-electron chi connectivity index (χ3n) is 5.02. The number of urea groups is 1. The van der Waals surface area contributed by atoms with E-state index in [1.165, 1.54) is 24.3 Å². The van der Waals surface area contributed by atoms with Crippen molar-refractivity contribution in [3.63, 3.8) is 0 Å². The van der Waals surface area contributed by atoms with E-state index in [1.54, 1.807) is 55.5 Å². The Morgan fingerprint density at radius 1 is 1.03 bits per heavy atom. The normalized spacial score (nSPS) is 15.1. The number of halogens is 2. The molecule has 0 aliphatic carbocycles. The van der Waals surface area contributed by atoms with E-state index in [-0.39, 0.29) is 23.7 Å². The molecule has 4 rings (SSSR count). The minimum Gasteiger partial charge on any atom is -0.488 e. The van der Waals surface area contributed by atoms with Gasteiger partial charge in [-0.05, 0) is 54.5 Å². The van der Waals surface area contributed by atoms with Crippen LogP contribution in [0.4, 0.5) is 14.9 Å². The number of benzene rings is 3. The second-order valence-electron chi connectivity index (χ2n) is 7.35. The van der Waals surface area contributed by atoms with Crippen molar-refractivity contribution in [2.75, 3.05) is 4.90 Å². The molecule has 0 saturated carbocycles. The second kappa shape index (κ2) is 9.26. The number of hydrogen-bond acceptors (Lipinski definition) is 4. The first-order valence-corrected chi connectivity index (χ1v) is 10.3. The number of aryl methyl sites for hydroxylation is 1. The van der Waals surface area contributed by atoms with Crippen LogP contribution in [0.3, 0.4) is 0 Å². The van der Waals surface area contributed by atoms with E-state index in [0.29, 0.717) is 21.9 Å². The summed E-state index contributed by atoms with van der Waals surface area (Å²) in [5.74, 6) is -1.60. The maximum absolute atomic E-state index is 13.4. The predicted octanol–water partition coefficient (Wildman–Crippen LogP) is 5.03. The summed E-state index contributed by atoms with van der Waals surface area (Å²) >= 11 is 6.15. The molecule has 8 heteroatoms. The van der Waals surface area contributed by atoms with Gasteiger partial charge in [0, 0.05) is 10.6 Å². The van der Waals surface area contributed by atoms with Crippen LogP contribution in [-0.4, -0.2) is 17.8 Å². The zero-order valence-electron chi connectivity index (χ0n) is 17.5. The van der Waals surface area contributed by atoms with Gasteiger partial charge in [0.2, 0.25) is 0 Å². The number of nitrogens with zero attached hydrogens (tertiary/aromatic N) is 1. The van der Waals surface area contributed by atoms with Crippen LogP contribution in [-0.2, 0) is 16.2 Å². The number of nitrogens with one attached hydrogen (secondary N) is 1. The topological polar surface area (TPSA) is 75.7 Å². The molecule has 1 aliphatic heterocycles. The lowest BCUT2D eigenvalue weighted by Crippen LogP contribution is -2.54. The first-order chi connectivity index (χ1) is 15.8. The molecule has 4 amide bonds. The summed E-state index contributed by atoms with van der Waals surface area (Å²) in [5, 5.41) is 2.56. The number of carbonyl (C=O) groups is 3. The van der Waals surface area contributed by atoms with Gasteiger partial charge in [0.1, 0.15) is 23.7 Å². The van der Waals surface area contributed by atoms with E-state index < -0.39 is 17.8 Å². The molecule has 1 heterocycles. The summed E-state index contributed by atoms with van der Waals surface area (Å²) in [6.45, 7) is 1.88.